The zero-order valence-corrected chi connectivity index (χ0v) is 11.5. The number of rotatable bonds is 3. The van der Waals surface area contributed by atoms with Crippen molar-refractivity contribution in [3.63, 3.8) is 0 Å². The largest absolute Gasteiger partial charge is 0.445 e. The molecule has 1 amide bonds. The molecule has 96 valence electrons. The van der Waals surface area contributed by atoms with E-state index in [1.54, 1.807) is 11.0 Å². The first kappa shape index (κ1) is 13.2. The van der Waals surface area contributed by atoms with E-state index in [2.05, 4.69) is 24.2 Å². The van der Waals surface area contributed by atoms with E-state index in [4.69, 9.17) is 4.74 Å². The van der Waals surface area contributed by atoms with E-state index in [0.29, 0.717) is 13.1 Å². The molecule has 2 heterocycles. The third-order valence-corrected chi connectivity index (χ3v) is 3.67. The van der Waals surface area contributed by atoms with Crippen LogP contribution in [0.2, 0.25) is 0 Å². The van der Waals surface area contributed by atoms with Gasteiger partial charge in [0.05, 0.1) is 5.69 Å². The Labute approximate surface area is 115 Å². The molecule has 0 bridgehead atoms. The predicted molar refractivity (Wildman–Crippen MR) is 75.1 cm³/mol. The van der Waals surface area contributed by atoms with Crippen LogP contribution >= 0.6 is 24.0 Å². The van der Waals surface area contributed by atoms with Gasteiger partial charge >= 0.3 is 6.09 Å². The molecule has 0 radical (unpaired) electrons. The summed E-state index contributed by atoms with van der Waals surface area (Å²) >= 11 is 5.71. The Morgan fingerprint density at radius 1 is 1.72 bits per heavy atom. The normalized spacial score (nSPS) is 15.2. The topological polar surface area (TPSA) is 42.4 Å². The Morgan fingerprint density at radius 3 is 3.11 bits per heavy atom. The third kappa shape index (κ3) is 3.14. The lowest BCUT2D eigenvalue weighted by molar-refractivity contribution is 0.116. The van der Waals surface area contributed by atoms with Crippen molar-refractivity contribution in [3.8, 4) is 0 Å². The van der Waals surface area contributed by atoms with E-state index in [0.717, 1.165) is 16.5 Å². The molecule has 0 unspecified atom stereocenters. The number of carbonyl (C=O) groups excluding carboxylic acids is 1. The number of nitrogens with zero attached hydrogens (tertiary/aromatic N) is 2. The molecule has 0 spiro atoms. The molecule has 18 heavy (non-hydrogen) atoms. The lowest BCUT2D eigenvalue weighted by Crippen LogP contribution is -2.35. The standard InChI is InChI=1S/C12H14N2O2S2/c1-2-7-16-12(15)14-5-3-9(4-6-14)10-8-18-11(17)13-10/h2-3,8H,1,4-7H2,(H,13,17). The predicted octanol–water partition coefficient (Wildman–Crippen LogP) is 2.84. The maximum absolute atomic E-state index is 11.6. The van der Waals surface area contributed by atoms with Crippen LogP contribution < -0.4 is 0 Å². The van der Waals surface area contributed by atoms with E-state index in [1.807, 2.05) is 11.5 Å². The molecule has 2 rings (SSSR count). The molecule has 0 N–H and O–H groups in total. The van der Waals surface area contributed by atoms with Gasteiger partial charge in [0.25, 0.3) is 0 Å². The SMILES string of the molecule is C=CCOC(=O)N1CC=C(c2csc(S)n2)CC1. The molecular weight excluding hydrogens is 268 g/mol. The summed E-state index contributed by atoms with van der Waals surface area (Å²) < 4.78 is 5.75. The van der Waals surface area contributed by atoms with Gasteiger partial charge in [-0.15, -0.1) is 24.0 Å². The molecule has 1 aliphatic rings. The second-order valence-corrected chi connectivity index (χ2v) is 5.39. The highest BCUT2D eigenvalue weighted by Gasteiger charge is 2.19. The van der Waals surface area contributed by atoms with Crippen molar-refractivity contribution in [3.05, 3.63) is 29.8 Å². The monoisotopic (exact) mass is 282 g/mol. The van der Waals surface area contributed by atoms with E-state index in [9.17, 15) is 4.79 Å². The van der Waals surface area contributed by atoms with Gasteiger partial charge in [-0.2, -0.15) is 0 Å². The van der Waals surface area contributed by atoms with Crippen LogP contribution in [-0.2, 0) is 4.74 Å². The Balaban J connectivity index is 1.95. The quantitative estimate of drug-likeness (QED) is 0.685. The fourth-order valence-corrected chi connectivity index (χ4v) is 2.54. The first-order chi connectivity index (χ1) is 8.70. The lowest BCUT2D eigenvalue weighted by atomic mass is 10.1. The Bertz CT molecular complexity index is 482. The zero-order valence-electron chi connectivity index (χ0n) is 9.83. The van der Waals surface area contributed by atoms with Crippen LogP contribution in [0.5, 0.6) is 0 Å². The summed E-state index contributed by atoms with van der Waals surface area (Å²) in [6.45, 7) is 4.98. The van der Waals surface area contributed by atoms with Gasteiger partial charge in [-0.05, 0) is 12.0 Å². The van der Waals surface area contributed by atoms with Crippen LogP contribution in [-0.4, -0.2) is 35.7 Å². The van der Waals surface area contributed by atoms with E-state index in [-0.39, 0.29) is 12.7 Å². The van der Waals surface area contributed by atoms with Crippen LogP contribution in [0.15, 0.2) is 28.5 Å². The highest BCUT2D eigenvalue weighted by molar-refractivity contribution is 7.82. The number of ether oxygens (including phenoxy) is 1. The highest BCUT2D eigenvalue weighted by Crippen LogP contribution is 2.25. The third-order valence-electron chi connectivity index (χ3n) is 2.61. The Morgan fingerprint density at radius 2 is 2.56 bits per heavy atom. The summed E-state index contributed by atoms with van der Waals surface area (Å²) in [5, 5.41) is 1.99. The summed E-state index contributed by atoms with van der Waals surface area (Å²) in [6.07, 6.45) is 4.08. The van der Waals surface area contributed by atoms with Gasteiger partial charge in [0, 0.05) is 18.5 Å². The number of hydrogen-bond acceptors (Lipinski definition) is 5. The molecular formula is C12H14N2O2S2. The number of aromatic nitrogens is 1. The van der Waals surface area contributed by atoms with Gasteiger partial charge in [-0.3, -0.25) is 0 Å². The fraction of sp³-hybridized carbons (Fsp3) is 0.333. The van der Waals surface area contributed by atoms with Crippen LogP contribution in [0.25, 0.3) is 5.57 Å². The number of amides is 1. The maximum Gasteiger partial charge on any atom is 0.410 e. The van der Waals surface area contributed by atoms with Crippen molar-refractivity contribution in [2.24, 2.45) is 0 Å². The number of thiol groups is 1. The summed E-state index contributed by atoms with van der Waals surface area (Å²) in [5.41, 5.74) is 2.13. The van der Waals surface area contributed by atoms with Crippen LogP contribution in [0, 0.1) is 0 Å². The second kappa shape index (κ2) is 6.06. The molecule has 1 aliphatic heterocycles. The van der Waals surface area contributed by atoms with Crippen molar-refractivity contribution < 1.29 is 9.53 Å². The highest BCUT2D eigenvalue weighted by atomic mass is 32.2. The maximum atomic E-state index is 11.6. The van der Waals surface area contributed by atoms with Crippen molar-refractivity contribution >= 4 is 35.6 Å². The van der Waals surface area contributed by atoms with Crippen molar-refractivity contribution in [1.82, 2.24) is 9.88 Å². The molecule has 4 nitrogen and oxygen atoms in total. The molecule has 0 saturated heterocycles. The zero-order chi connectivity index (χ0) is 13.0. The van der Waals surface area contributed by atoms with Gasteiger partial charge in [-0.1, -0.05) is 18.7 Å². The smallest absolute Gasteiger partial charge is 0.410 e. The first-order valence-corrected chi connectivity index (χ1v) is 6.90. The van der Waals surface area contributed by atoms with Crippen LogP contribution in [0.4, 0.5) is 4.79 Å². The summed E-state index contributed by atoms with van der Waals surface area (Å²) in [4.78, 5) is 17.6. The van der Waals surface area contributed by atoms with Crippen molar-refractivity contribution in [1.29, 1.82) is 0 Å². The van der Waals surface area contributed by atoms with Gasteiger partial charge in [0.2, 0.25) is 0 Å². The Kier molecular flexibility index (Phi) is 4.43. The number of hydrogen-bond donors (Lipinski definition) is 1. The Hall–Kier alpha value is -1.27. The average Bonchev–Trinajstić information content (AvgIpc) is 2.83. The molecule has 0 atom stereocenters. The molecule has 1 aromatic heterocycles. The first-order valence-electron chi connectivity index (χ1n) is 5.57. The minimum Gasteiger partial charge on any atom is -0.445 e. The summed E-state index contributed by atoms with van der Waals surface area (Å²) in [6, 6.07) is 0. The molecule has 0 fully saturated rings. The summed E-state index contributed by atoms with van der Waals surface area (Å²) in [5.74, 6) is 0. The number of carbonyl (C=O) groups is 1. The minimum atomic E-state index is -0.293. The van der Waals surface area contributed by atoms with Gasteiger partial charge in [-0.25, -0.2) is 9.78 Å². The lowest BCUT2D eigenvalue weighted by Gasteiger charge is -2.25. The molecule has 1 aromatic rings. The molecule has 0 saturated carbocycles. The summed E-state index contributed by atoms with van der Waals surface area (Å²) in [7, 11) is 0. The number of thiazole rings is 1. The van der Waals surface area contributed by atoms with Gasteiger partial charge < -0.3 is 9.64 Å². The van der Waals surface area contributed by atoms with Gasteiger partial charge in [0.1, 0.15) is 10.9 Å². The second-order valence-electron chi connectivity index (χ2n) is 3.81. The van der Waals surface area contributed by atoms with E-state index < -0.39 is 0 Å². The molecule has 0 aliphatic carbocycles. The van der Waals surface area contributed by atoms with Crippen LogP contribution in [0.3, 0.4) is 0 Å². The molecule has 0 aromatic carbocycles. The van der Waals surface area contributed by atoms with E-state index in [1.165, 1.54) is 16.9 Å². The van der Waals surface area contributed by atoms with Crippen molar-refractivity contribution in [2.45, 2.75) is 10.8 Å². The average molecular weight is 282 g/mol. The molecule has 6 heteroatoms. The van der Waals surface area contributed by atoms with Gasteiger partial charge in [0.15, 0.2) is 0 Å². The fourth-order valence-electron chi connectivity index (χ4n) is 1.70. The minimum absolute atomic E-state index is 0.251. The van der Waals surface area contributed by atoms with E-state index >= 15 is 0 Å². The van der Waals surface area contributed by atoms with Crippen molar-refractivity contribution in [2.75, 3.05) is 19.7 Å². The van der Waals surface area contributed by atoms with Crippen LogP contribution in [0.1, 0.15) is 12.1 Å².